The number of benzene rings is 1. The van der Waals surface area contributed by atoms with Crippen LogP contribution >= 0.6 is 0 Å². The molecule has 0 aromatic heterocycles. The molecule has 0 saturated carbocycles. The molecule has 3 rings (SSSR count). The maximum atomic E-state index is 3.52. The number of fused-ring (bicyclic) bond motifs is 5. The highest BCUT2D eigenvalue weighted by Crippen LogP contribution is 2.41. The van der Waals surface area contributed by atoms with E-state index in [2.05, 4.69) is 42.6 Å². The van der Waals surface area contributed by atoms with Gasteiger partial charge in [0.2, 0.25) is 0 Å². The summed E-state index contributed by atoms with van der Waals surface area (Å²) in [5.41, 5.74) is 4.39. The van der Waals surface area contributed by atoms with E-state index in [1.54, 1.807) is 0 Å². The Balaban J connectivity index is 2.30. The molecule has 1 aromatic rings. The Morgan fingerprint density at radius 1 is 1.17 bits per heavy atom. The van der Waals surface area contributed by atoms with E-state index < -0.39 is 0 Å². The minimum Gasteiger partial charge on any atom is -0.296 e. The fraction of sp³-hybridized carbons (Fsp3) is 0.273. The summed E-state index contributed by atoms with van der Waals surface area (Å²) in [7, 11) is 0. The van der Waals surface area contributed by atoms with Gasteiger partial charge >= 0.3 is 0 Å². The van der Waals surface area contributed by atoms with Crippen LogP contribution in [0.4, 0.5) is 0 Å². The van der Waals surface area contributed by atoms with E-state index in [0.29, 0.717) is 12.1 Å². The van der Waals surface area contributed by atoms with Gasteiger partial charge in [-0.05, 0) is 23.6 Å². The molecule has 60 valence electrons. The molecule has 2 unspecified atom stereocenters. The largest absolute Gasteiger partial charge is 0.296 e. The molecule has 2 bridgehead atoms. The van der Waals surface area contributed by atoms with E-state index in [0.717, 1.165) is 0 Å². The third kappa shape index (κ3) is 0.625. The second-order valence-corrected chi connectivity index (χ2v) is 3.58. The molecule has 1 aromatic carbocycles. The van der Waals surface area contributed by atoms with Crippen molar-refractivity contribution in [3.8, 4) is 0 Å². The van der Waals surface area contributed by atoms with Crippen LogP contribution < -0.4 is 5.32 Å². The van der Waals surface area contributed by atoms with Crippen LogP contribution in [0.3, 0.4) is 0 Å². The highest BCUT2D eigenvalue weighted by molar-refractivity contribution is 5.49. The minimum absolute atomic E-state index is 0.491. The zero-order valence-electron chi connectivity index (χ0n) is 7.04. The summed E-state index contributed by atoms with van der Waals surface area (Å²) in [5, 5.41) is 3.52. The van der Waals surface area contributed by atoms with Crippen LogP contribution in [0.15, 0.2) is 30.4 Å². The molecule has 1 heteroatoms. The Kier molecular flexibility index (Phi) is 1.07. The fourth-order valence-electron chi connectivity index (χ4n) is 2.30. The molecule has 0 aliphatic carbocycles. The van der Waals surface area contributed by atoms with E-state index in [1.807, 2.05) is 0 Å². The summed E-state index contributed by atoms with van der Waals surface area (Å²) < 4.78 is 0. The average Bonchev–Trinajstić information content (AvgIpc) is 2.64. The molecule has 2 aliphatic heterocycles. The van der Waals surface area contributed by atoms with Gasteiger partial charge in [0.05, 0.1) is 12.1 Å². The van der Waals surface area contributed by atoms with Gasteiger partial charge < -0.3 is 0 Å². The quantitative estimate of drug-likeness (QED) is 0.569. The Morgan fingerprint density at radius 3 is 2.83 bits per heavy atom. The van der Waals surface area contributed by atoms with Crippen LogP contribution in [0, 0.1) is 6.92 Å². The second-order valence-electron chi connectivity index (χ2n) is 3.58. The lowest BCUT2D eigenvalue weighted by molar-refractivity contribution is 0.672. The van der Waals surface area contributed by atoms with Crippen molar-refractivity contribution in [2.24, 2.45) is 0 Å². The van der Waals surface area contributed by atoms with Gasteiger partial charge in [0.25, 0.3) is 0 Å². The third-order valence-electron chi connectivity index (χ3n) is 2.86. The summed E-state index contributed by atoms with van der Waals surface area (Å²) in [6, 6.07) is 7.54. The standard InChI is InChI=1S/C11H11N/c1-7-3-2-4-8-9-5-6-10(12-9)11(7)8/h2-6,9-10,12H,1H3. The van der Waals surface area contributed by atoms with E-state index in [1.165, 1.54) is 16.7 Å². The van der Waals surface area contributed by atoms with Crippen molar-refractivity contribution in [3.05, 3.63) is 47.0 Å². The van der Waals surface area contributed by atoms with Gasteiger partial charge in [0.1, 0.15) is 0 Å². The van der Waals surface area contributed by atoms with Gasteiger partial charge in [0.15, 0.2) is 0 Å². The number of hydrogen-bond donors (Lipinski definition) is 1. The molecule has 2 atom stereocenters. The van der Waals surface area contributed by atoms with Gasteiger partial charge in [-0.15, -0.1) is 0 Å². The zero-order valence-corrected chi connectivity index (χ0v) is 7.04. The Labute approximate surface area is 72.1 Å². The van der Waals surface area contributed by atoms with Gasteiger partial charge in [-0.25, -0.2) is 0 Å². The summed E-state index contributed by atoms with van der Waals surface area (Å²) in [6.45, 7) is 2.19. The van der Waals surface area contributed by atoms with Crippen molar-refractivity contribution in [1.29, 1.82) is 0 Å². The molecule has 0 amide bonds. The summed E-state index contributed by atoms with van der Waals surface area (Å²) >= 11 is 0. The third-order valence-corrected chi connectivity index (χ3v) is 2.86. The van der Waals surface area contributed by atoms with E-state index in [9.17, 15) is 0 Å². The van der Waals surface area contributed by atoms with Gasteiger partial charge in [-0.3, -0.25) is 5.32 Å². The summed E-state index contributed by atoms with van der Waals surface area (Å²) in [5.74, 6) is 0. The first-order valence-corrected chi connectivity index (χ1v) is 4.40. The van der Waals surface area contributed by atoms with Crippen LogP contribution in [0.2, 0.25) is 0 Å². The monoisotopic (exact) mass is 157 g/mol. The van der Waals surface area contributed by atoms with Crippen molar-refractivity contribution < 1.29 is 0 Å². The second kappa shape index (κ2) is 1.99. The summed E-state index contributed by atoms with van der Waals surface area (Å²) in [4.78, 5) is 0. The van der Waals surface area contributed by atoms with Crippen LogP contribution in [0.1, 0.15) is 28.8 Å². The number of aryl methyl sites for hydroxylation is 1. The van der Waals surface area contributed by atoms with E-state index >= 15 is 0 Å². The van der Waals surface area contributed by atoms with Gasteiger partial charge in [0, 0.05) is 0 Å². The number of hydrogen-bond acceptors (Lipinski definition) is 1. The first-order chi connectivity index (χ1) is 5.86. The molecular formula is C11H11N. The van der Waals surface area contributed by atoms with Gasteiger partial charge in [-0.2, -0.15) is 0 Å². The number of nitrogens with one attached hydrogen (secondary N) is 1. The van der Waals surface area contributed by atoms with Crippen LogP contribution in [0.5, 0.6) is 0 Å². The smallest absolute Gasteiger partial charge is 0.0520 e. The van der Waals surface area contributed by atoms with E-state index in [4.69, 9.17) is 0 Å². The molecule has 12 heavy (non-hydrogen) atoms. The molecular weight excluding hydrogens is 146 g/mol. The van der Waals surface area contributed by atoms with Crippen LogP contribution in [0.25, 0.3) is 0 Å². The molecule has 2 heterocycles. The molecule has 1 N–H and O–H groups in total. The van der Waals surface area contributed by atoms with Crippen molar-refractivity contribution in [2.75, 3.05) is 0 Å². The fourth-order valence-corrected chi connectivity index (χ4v) is 2.30. The average molecular weight is 157 g/mol. The lowest BCUT2D eigenvalue weighted by Gasteiger charge is -2.10. The van der Waals surface area contributed by atoms with Crippen molar-refractivity contribution in [1.82, 2.24) is 5.32 Å². The lowest BCUT2D eigenvalue weighted by Crippen LogP contribution is -2.07. The van der Waals surface area contributed by atoms with Crippen LogP contribution in [-0.4, -0.2) is 0 Å². The van der Waals surface area contributed by atoms with Crippen molar-refractivity contribution in [3.63, 3.8) is 0 Å². The highest BCUT2D eigenvalue weighted by atomic mass is 15.0. The Hall–Kier alpha value is -1.08. The first kappa shape index (κ1) is 6.44. The number of rotatable bonds is 0. The highest BCUT2D eigenvalue weighted by Gasteiger charge is 2.32. The van der Waals surface area contributed by atoms with E-state index in [-0.39, 0.29) is 0 Å². The maximum absolute atomic E-state index is 3.52. The maximum Gasteiger partial charge on any atom is 0.0520 e. The molecule has 2 aliphatic rings. The lowest BCUT2D eigenvalue weighted by atomic mass is 9.93. The molecule has 1 nitrogen and oxygen atoms in total. The van der Waals surface area contributed by atoms with Crippen LogP contribution in [-0.2, 0) is 0 Å². The Morgan fingerprint density at radius 2 is 2.00 bits per heavy atom. The van der Waals surface area contributed by atoms with Gasteiger partial charge in [-0.1, -0.05) is 30.4 Å². The SMILES string of the molecule is Cc1cccc2c1C1C=CC2N1. The molecule has 0 saturated heterocycles. The zero-order chi connectivity index (χ0) is 8.13. The summed E-state index contributed by atoms with van der Waals surface area (Å²) in [6.07, 6.45) is 4.52. The normalized spacial score (nSPS) is 29.4. The molecule has 0 spiro atoms. The topological polar surface area (TPSA) is 12.0 Å². The van der Waals surface area contributed by atoms with Crippen molar-refractivity contribution in [2.45, 2.75) is 19.0 Å². The van der Waals surface area contributed by atoms with Crippen molar-refractivity contribution >= 4 is 0 Å². The first-order valence-electron chi connectivity index (χ1n) is 4.40. The minimum atomic E-state index is 0.491. The molecule has 0 radical (unpaired) electrons. The predicted octanol–water partition coefficient (Wildman–Crippen LogP) is 2.25. The molecule has 0 fully saturated rings. The Bertz CT molecular complexity index is 365. The predicted molar refractivity (Wildman–Crippen MR) is 48.9 cm³/mol.